The fourth-order valence-corrected chi connectivity index (χ4v) is 3.77. The monoisotopic (exact) mass is 292 g/mol. The zero-order valence-electron chi connectivity index (χ0n) is 10.9. The van der Waals surface area contributed by atoms with E-state index in [0.717, 1.165) is 18.0 Å². The molecule has 1 aliphatic heterocycles. The third-order valence-corrected chi connectivity index (χ3v) is 4.81. The van der Waals surface area contributed by atoms with Gasteiger partial charge in [-0.3, -0.25) is 0 Å². The second-order valence-electron chi connectivity index (χ2n) is 4.94. The molecule has 1 N–H and O–H groups in total. The molecule has 100 valence electrons. The number of halogens is 1. The van der Waals surface area contributed by atoms with Crippen LogP contribution in [0.4, 0.5) is 0 Å². The molecule has 2 nitrogen and oxygen atoms in total. The molecular formula is C15H17ClN2S. The Morgan fingerprint density at radius 2 is 2.32 bits per heavy atom. The first-order chi connectivity index (χ1) is 9.22. The summed E-state index contributed by atoms with van der Waals surface area (Å²) in [5, 5.41) is 4.48. The van der Waals surface area contributed by atoms with Gasteiger partial charge >= 0.3 is 0 Å². The smallest absolute Gasteiger partial charge is 0.0410 e. The summed E-state index contributed by atoms with van der Waals surface area (Å²) >= 11 is 8.05. The van der Waals surface area contributed by atoms with Crippen molar-refractivity contribution in [3.05, 3.63) is 52.8 Å². The molecule has 1 atom stereocenters. The van der Waals surface area contributed by atoms with Gasteiger partial charge in [0.05, 0.1) is 0 Å². The van der Waals surface area contributed by atoms with E-state index in [-0.39, 0.29) is 0 Å². The van der Waals surface area contributed by atoms with Gasteiger partial charge in [-0.2, -0.15) is 0 Å². The van der Waals surface area contributed by atoms with Crippen molar-refractivity contribution in [1.29, 1.82) is 0 Å². The van der Waals surface area contributed by atoms with Crippen molar-refractivity contribution >= 4 is 23.4 Å². The van der Waals surface area contributed by atoms with Crippen molar-refractivity contribution in [2.45, 2.75) is 23.9 Å². The molecule has 0 aliphatic carbocycles. The number of aromatic nitrogens is 1. The fourth-order valence-electron chi connectivity index (χ4n) is 2.48. The highest BCUT2D eigenvalue weighted by Gasteiger charge is 2.20. The molecule has 3 rings (SSSR count). The van der Waals surface area contributed by atoms with Crippen LogP contribution in [0.15, 0.2) is 41.6 Å². The average Bonchev–Trinajstić information content (AvgIpc) is 2.82. The van der Waals surface area contributed by atoms with Crippen LogP contribution in [0.5, 0.6) is 0 Å². The van der Waals surface area contributed by atoms with Crippen molar-refractivity contribution in [2.24, 2.45) is 7.05 Å². The van der Waals surface area contributed by atoms with E-state index in [0.29, 0.717) is 6.04 Å². The van der Waals surface area contributed by atoms with Crippen molar-refractivity contribution < 1.29 is 0 Å². The lowest BCUT2D eigenvalue weighted by Crippen LogP contribution is -2.24. The molecular weight excluding hydrogens is 276 g/mol. The van der Waals surface area contributed by atoms with E-state index in [1.165, 1.54) is 21.8 Å². The predicted octanol–water partition coefficient (Wildman–Crippen LogP) is 4.01. The van der Waals surface area contributed by atoms with E-state index in [9.17, 15) is 0 Å². The standard InChI is InChI=1S/C15H17ClN2S/c1-18-6-4-11(10-18)9-17-14-5-7-19-15-3-2-12(16)8-13(14)15/h2-4,6,8,10,14,17H,5,7,9H2,1H3. The van der Waals surface area contributed by atoms with Crippen LogP contribution in [0, 0.1) is 0 Å². The van der Waals surface area contributed by atoms with Gasteiger partial charge in [0.1, 0.15) is 0 Å². The molecule has 2 aromatic rings. The summed E-state index contributed by atoms with van der Waals surface area (Å²) in [7, 11) is 2.05. The van der Waals surface area contributed by atoms with E-state index < -0.39 is 0 Å². The molecule has 0 saturated heterocycles. The molecule has 0 amide bonds. The second-order valence-corrected chi connectivity index (χ2v) is 6.51. The number of rotatable bonds is 3. The number of hydrogen-bond donors (Lipinski definition) is 1. The molecule has 1 unspecified atom stereocenters. The predicted molar refractivity (Wildman–Crippen MR) is 81.8 cm³/mol. The Bertz CT molecular complexity index is 579. The minimum Gasteiger partial charge on any atom is -0.357 e. The minimum atomic E-state index is 0.412. The van der Waals surface area contributed by atoms with Crippen LogP contribution in [0.2, 0.25) is 5.02 Å². The molecule has 0 saturated carbocycles. The van der Waals surface area contributed by atoms with Gasteiger partial charge in [-0.1, -0.05) is 11.6 Å². The first-order valence-electron chi connectivity index (χ1n) is 6.49. The largest absolute Gasteiger partial charge is 0.357 e. The fraction of sp³-hybridized carbons (Fsp3) is 0.333. The first-order valence-corrected chi connectivity index (χ1v) is 7.85. The molecule has 0 spiro atoms. The topological polar surface area (TPSA) is 17.0 Å². The lowest BCUT2D eigenvalue weighted by Gasteiger charge is -2.26. The van der Waals surface area contributed by atoms with Crippen LogP contribution >= 0.6 is 23.4 Å². The zero-order chi connectivity index (χ0) is 13.2. The molecule has 0 radical (unpaired) electrons. The molecule has 0 fully saturated rings. The minimum absolute atomic E-state index is 0.412. The zero-order valence-corrected chi connectivity index (χ0v) is 12.5. The molecule has 19 heavy (non-hydrogen) atoms. The number of thioether (sulfide) groups is 1. The van der Waals surface area contributed by atoms with Gasteiger partial charge in [0.2, 0.25) is 0 Å². The SMILES string of the molecule is Cn1ccc(CNC2CCSc3ccc(Cl)cc32)c1. The van der Waals surface area contributed by atoms with Crippen LogP contribution < -0.4 is 5.32 Å². The molecule has 1 aromatic heterocycles. The van der Waals surface area contributed by atoms with Crippen LogP contribution in [-0.2, 0) is 13.6 Å². The number of aryl methyl sites for hydroxylation is 1. The summed E-state index contributed by atoms with van der Waals surface area (Å²) in [4.78, 5) is 1.36. The summed E-state index contributed by atoms with van der Waals surface area (Å²) in [5.74, 6) is 1.17. The lowest BCUT2D eigenvalue weighted by atomic mass is 10.0. The maximum atomic E-state index is 6.12. The number of benzene rings is 1. The Kier molecular flexibility index (Phi) is 3.87. The third kappa shape index (κ3) is 2.99. The summed E-state index contributed by atoms with van der Waals surface area (Å²) in [6.45, 7) is 0.905. The van der Waals surface area contributed by atoms with Gasteiger partial charge in [-0.05, 0) is 47.6 Å². The average molecular weight is 293 g/mol. The van der Waals surface area contributed by atoms with Crippen LogP contribution in [-0.4, -0.2) is 10.3 Å². The highest BCUT2D eigenvalue weighted by Crippen LogP contribution is 2.37. The van der Waals surface area contributed by atoms with E-state index in [1.807, 2.05) is 17.8 Å². The van der Waals surface area contributed by atoms with Gasteiger partial charge in [-0.15, -0.1) is 11.8 Å². The van der Waals surface area contributed by atoms with Crippen molar-refractivity contribution in [1.82, 2.24) is 9.88 Å². The number of nitrogens with one attached hydrogen (secondary N) is 1. The van der Waals surface area contributed by atoms with Crippen LogP contribution in [0.25, 0.3) is 0 Å². The Balaban J connectivity index is 1.74. The quantitative estimate of drug-likeness (QED) is 0.921. The van der Waals surface area contributed by atoms with Gasteiger partial charge in [0, 0.05) is 41.9 Å². The maximum absolute atomic E-state index is 6.12. The summed E-state index contributed by atoms with van der Waals surface area (Å²) in [6.07, 6.45) is 5.40. The first kappa shape index (κ1) is 13.1. The maximum Gasteiger partial charge on any atom is 0.0410 e. The highest BCUT2D eigenvalue weighted by molar-refractivity contribution is 7.99. The summed E-state index contributed by atoms with van der Waals surface area (Å²) in [5.41, 5.74) is 2.67. The number of hydrogen-bond acceptors (Lipinski definition) is 2. The van der Waals surface area contributed by atoms with Gasteiger partial charge < -0.3 is 9.88 Å². The summed E-state index contributed by atoms with van der Waals surface area (Å²) < 4.78 is 2.08. The Morgan fingerprint density at radius 3 is 3.11 bits per heavy atom. The second kappa shape index (κ2) is 5.61. The van der Waals surface area contributed by atoms with Gasteiger partial charge in [-0.25, -0.2) is 0 Å². The highest BCUT2D eigenvalue weighted by atomic mass is 35.5. The third-order valence-electron chi connectivity index (χ3n) is 3.46. The molecule has 1 aliphatic rings. The van der Waals surface area contributed by atoms with Gasteiger partial charge in [0.15, 0.2) is 0 Å². The van der Waals surface area contributed by atoms with E-state index >= 15 is 0 Å². The Labute approximate surface area is 123 Å². The molecule has 1 aromatic carbocycles. The van der Waals surface area contributed by atoms with Crippen LogP contribution in [0.3, 0.4) is 0 Å². The normalized spacial score (nSPS) is 18.3. The Morgan fingerprint density at radius 1 is 1.42 bits per heavy atom. The van der Waals surface area contributed by atoms with Gasteiger partial charge in [0.25, 0.3) is 0 Å². The van der Waals surface area contributed by atoms with E-state index in [4.69, 9.17) is 11.6 Å². The number of fused-ring (bicyclic) bond motifs is 1. The summed E-state index contributed by atoms with van der Waals surface area (Å²) in [6, 6.07) is 8.79. The number of nitrogens with zero attached hydrogens (tertiary/aromatic N) is 1. The van der Waals surface area contributed by atoms with Crippen LogP contribution in [0.1, 0.15) is 23.6 Å². The van der Waals surface area contributed by atoms with Crippen molar-refractivity contribution in [3.8, 4) is 0 Å². The Hall–Kier alpha value is -0.900. The van der Waals surface area contributed by atoms with E-state index in [1.54, 1.807) is 0 Å². The van der Waals surface area contributed by atoms with Crippen molar-refractivity contribution in [3.63, 3.8) is 0 Å². The molecule has 2 heterocycles. The lowest BCUT2D eigenvalue weighted by molar-refractivity contribution is 0.510. The molecule has 0 bridgehead atoms. The van der Waals surface area contributed by atoms with Crippen molar-refractivity contribution in [2.75, 3.05) is 5.75 Å². The molecule has 4 heteroatoms. The van der Waals surface area contributed by atoms with E-state index in [2.05, 4.69) is 47.5 Å².